The first-order valence-corrected chi connectivity index (χ1v) is 6.85. The molecule has 1 aliphatic rings. The maximum atomic E-state index is 12.7. The van der Waals surface area contributed by atoms with E-state index in [2.05, 4.69) is 15.0 Å². The predicted octanol–water partition coefficient (Wildman–Crippen LogP) is 2.45. The molecule has 1 aliphatic heterocycles. The fourth-order valence-corrected chi connectivity index (χ4v) is 3.02. The maximum absolute atomic E-state index is 12.7. The van der Waals surface area contributed by atoms with Crippen molar-refractivity contribution in [2.24, 2.45) is 10.9 Å². The molecule has 0 spiro atoms. The number of rotatable bonds is 1. The Labute approximate surface area is 120 Å². The Balaban J connectivity index is 2.09. The second-order valence-electron chi connectivity index (χ2n) is 4.20. The van der Waals surface area contributed by atoms with Crippen LogP contribution in [0.4, 0.5) is 13.2 Å². The van der Waals surface area contributed by atoms with Gasteiger partial charge in [-0.3, -0.25) is 9.98 Å². The molecule has 104 valence electrons. The summed E-state index contributed by atoms with van der Waals surface area (Å²) in [5.74, 6) is -1.58. The van der Waals surface area contributed by atoms with Crippen molar-refractivity contribution < 1.29 is 13.2 Å². The molecule has 0 aromatic carbocycles. The second kappa shape index (κ2) is 4.82. The van der Waals surface area contributed by atoms with Gasteiger partial charge in [0, 0.05) is 6.20 Å². The second-order valence-corrected chi connectivity index (χ2v) is 5.58. The number of pyridine rings is 1. The molecule has 3 nitrogen and oxygen atoms in total. The molecule has 0 amide bonds. The largest absolute Gasteiger partial charge is 0.397 e. The molecule has 1 atom stereocenters. The van der Waals surface area contributed by atoms with Crippen LogP contribution < -0.4 is 10.0 Å². The number of thiazole rings is 1. The van der Waals surface area contributed by atoms with Gasteiger partial charge in [-0.05, 0) is 18.2 Å². The van der Waals surface area contributed by atoms with E-state index < -0.39 is 12.1 Å². The highest BCUT2D eigenvalue weighted by Crippen LogP contribution is 2.29. The monoisotopic (exact) mass is 317 g/mol. The predicted molar refractivity (Wildman–Crippen MR) is 70.0 cm³/mol. The zero-order valence-electron chi connectivity index (χ0n) is 9.86. The molecule has 3 heterocycles. The van der Waals surface area contributed by atoms with E-state index in [0.717, 1.165) is 6.08 Å². The van der Waals surface area contributed by atoms with Crippen molar-refractivity contribution in [1.29, 1.82) is 0 Å². The van der Waals surface area contributed by atoms with Crippen LogP contribution in [0.2, 0.25) is 5.02 Å². The van der Waals surface area contributed by atoms with Crippen molar-refractivity contribution in [3.63, 3.8) is 0 Å². The highest BCUT2D eigenvalue weighted by atomic mass is 35.5. The minimum absolute atomic E-state index is 0.250. The smallest absolute Gasteiger partial charge is 0.271 e. The van der Waals surface area contributed by atoms with Crippen LogP contribution in [0.1, 0.15) is 0 Å². The van der Waals surface area contributed by atoms with E-state index in [1.165, 1.54) is 11.3 Å². The van der Waals surface area contributed by atoms with Gasteiger partial charge in [0.2, 0.25) is 0 Å². The average Bonchev–Trinajstić information content (AvgIpc) is 2.80. The minimum Gasteiger partial charge on any atom is -0.271 e. The molecule has 8 heteroatoms. The Morgan fingerprint density at radius 3 is 2.85 bits per heavy atom. The fraction of sp³-hybridized carbons (Fsp3) is 0.250. The normalized spacial score (nSPS) is 18.1. The summed E-state index contributed by atoms with van der Waals surface area (Å²) in [6, 6.07) is 3.33. The first-order valence-electron chi connectivity index (χ1n) is 5.66. The lowest BCUT2D eigenvalue weighted by molar-refractivity contribution is -0.154. The third kappa shape index (κ3) is 2.43. The number of aromatic nitrogens is 2. The molecular weight excluding hydrogens is 311 g/mol. The Kier molecular flexibility index (Phi) is 3.25. The van der Waals surface area contributed by atoms with Crippen LogP contribution >= 0.6 is 22.9 Å². The van der Waals surface area contributed by atoms with Gasteiger partial charge >= 0.3 is 6.18 Å². The Bertz CT molecular complexity index is 769. The molecule has 20 heavy (non-hydrogen) atoms. The van der Waals surface area contributed by atoms with Crippen molar-refractivity contribution >= 4 is 29.0 Å². The molecule has 0 fully saturated rings. The lowest BCUT2D eigenvalue weighted by atomic mass is 10.1. The van der Waals surface area contributed by atoms with Gasteiger partial charge in [0.15, 0.2) is 0 Å². The SMILES string of the molecule is FC(F)(F)C1C=c2nc(-c3ncccc3Cl)sc2=NC1. The van der Waals surface area contributed by atoms with Crippen molar-refractivity contribution in [3.8, 4) is 10.7 Å². The summed E-state index contributed by atoms with van der Waals surface area (Å²) >= 11 is 7.20. The molecule has 1 unspecified atom stereocenters. The summed E-state index contributed by atoms with van der Waals surface area (Å²) in [4.78, 5) is 12.2. The van der Waals surface area contributed by atoms with Crippen LogP contribution in [0.5, 0.6) is 0 Å². The van der Waals surface area contributed by atoms with Crippen molar-refractivity contribution in [2.45, 2.75) is 6.18 Å². The molecule has 2 aromatic rings. The van der Waals surface area contributed by atoms with Gasteiger partial charge in [-0.2, -0.15) is 13.2 Å². The van der Waals surface area contributed by atoms with Crippen LogP contribution in [0.3, 0.4) is 0 Å². The van der Waals surface area contributed by atoms with E-state index in [9.17, 15) is 13.2 Å². The number of hydrogen-bond donors (Lipinski definition) is 0. The van der Waals surface area contributed by atoms with E-state index in [0.29, 0.717) is 20.4 Å². The highest BCUT2D eigenvalue weighted by molar-refractivity contribution is 7.12. The van der Waals surface area contributed by atoms with Crippen LogP contribution in [-0.2, 0) is 0 Å². The van der Waals surface area contributed by atoms with E-state index >= 15 is 0 Å². The molecule has 0 bridgehead atoms. The Morgan fingerprint density at radius 2 is 2.15 bits per heavy atom. The van der Waals surface area contributed by atoms with Gasteiger partial charge in [-0.1, -0.05) is 22.9 Å². The number of halogens is 4. The highest BCUT2D eigenvalue weighted by Gasteiger charge is 2.38. The lowest BCUT2D eigenvalue weighted by Crippen LogP contribution is -2.35. The minimum atomic E-state index is -4.30. The zero-order chi connectivity index (χ0) is 14.3. The van der Waals surface area contributed by atoms with Crippen LogP contribution in [-0.4, -0.2) is 22.7 Å². The summed E-state index contributed by atoms with van der Waals surface area (Å²) in [6.45, 7) is -0.298. The van der Waals surface area contributed by atoms with Crippen LogP contribution in [0.25, 0.3) is 16.8 Å². The summed E-state index contributed by atoms with van der Waals surface area (Å²) < 4.78 is 38.5. The molecule has 0 radical (unpaired) electrons. The van der Waals surface area contributed by atoms with Gasteiger partial charge in [-0.25, -0.2) is 4.98 Å². The molecule has 2 aromatic heterocycles. The molecule has 0 saturated carbocycles. The Morgan fingerprint density at radius 1 is 1.35 bits per heavy atom. The van der Waals surface area contributed by atoms with Gasteiger partial charge in [0.05, 0.1) is 22.8 Å². The average molecular weight is 318 g/mol. The first-order chi connectivity index (χ1) is 9.45. The summed E-state index contributed by atoms with van der Waals surface area (Å²) in [5.41, 5.74) is 0.459. The molecule has 0 N–H and O–H groups in total. The van der Waals surface area contributed by atoms with Crippen molar-refractivity contribution in [1.82, 2.24) is 9.97 Å². The topological polar surface area (TPSA) is 38.1 Å². The number of fused-ring (bicyclic) bond motifs is 1. The quantitative estimate of drug-likeness (QED) is 0.810. The van der Waals surface area contributed by atoms with Gasteiger partial charge in [-0.15, -0.1) is 0 Å². The molecule has 3 rings (SSSR count). The number of hydrogen-bond acceptors (Lipinski definition) is 4. The van der Waals surface area contributed by atoms with Crippen LogP contribution in [0, 0.1) is 5.92 Å². The lowest BCUT2D eigenvalue weighted by Gasteiger charge is -2.15. The van der Waals surface area contributed by atoms with E-state index in [4.69, 9.17) is 11.6 Å². The molecule has 0 saturated heterocycles. The summed E-state index contributed by atoms with van der Waals surface area (Å²) in [6.07, 6.45) is -1.63. The molecule has 0 aliphatic carbocycles. The number of alkyl halides is 3. The standard InChI is InChI=1S/C12H7ClF3N3S/c13-7-2-1-3-17-9(7)11-19-8-4-6(12(14,15)16)5-18-10(8)20-11/h1-4,6H,5H2. The Hall–Kier alpha value is -1.47. The maximum Gasteiger partial charge on any atom is 0.397 e. The first kappa shape index (κ1) is 13.5. The van der Waals surface area contributed by atoms with E-state index in [1.807, 2.05) is 0 Å². The summed E-state index contributed by atoms with van der Waals surface area (Å²) in [5, 5.41) is 1.13. The number of nitrogens with zero attached hydrogens (tertiary/aromatic N) is 3. The van der Waals surface area contributed by atoms with Gasteiger partial charge < -0.3 is 0 Å². The van der Waals surface area contributed by atoms with Gasteiger partial charge in [0.25, 0.3) is 0 Å². The molecular formula is C12H7ClF3N3S. The van der Waals surface area contributed by atoms with Crippen molar-refractivity contribution in [2.75, 3.05) is 6.54 Å². The van der Waals surface area contributed by atoms with Crippen LogP contribution in [0.15, 0.2) is 23.3 Å². The van der Waals surface area contributed by atoms with E-state index in [-0.39, 0.29) is 11.9 Å². The zero-order valence-corrected chi connectivity index (χ0v) is 11.4. The fourth-order valence-electron chi connectivity index (χ4n) is 1.81. The third-order valence-electron chi connectivity index (χ3n) is 2.81. The van der Waals surface area contributed by atoms with E-state index in [1.54, 1.807) is 18.3 Å². The third-order valence-corrected chi connectivity index (χ3v) is 4.12. The summed E-state index contributed by atoms with van der Waals surface area (Å²) in [7, 11) is 0. The van der Waals surface area contributed by atoms with Gasteiger partial charge in [0.1, 0.15) is 15.4 Å². The van der Waals surface area contributed by atoms with Crippen molar-refractivity contribution in [3.05, 3.63) is 33.4 Å².